The number of nitrogens with one attached hydrogen (secondary N) is 1. The van der Waals surface area contributed by atoms with Gasteiger partial charge in [0.05, 0.1) is 0 Å². The molecule has 0 bridgehead atoms. The van der Waals surface area contributed by atoms with E-state index >= 15 is 0 Å². The number of aryl methyl sites for hydroxylation is 1. The molecule has 1 rings (SSSR count). The van der Waals surface area contributed by atoms with Crippen molar-refractivity contribution in [3.05, 3.63) is 35.4 Å². The first kappa shape index (κ1) is 16.0. The van der Waals surface area contributed by atoms with Crippen molar-refractivity contribution in [2.45, 2.75) is 39.8 Å². The lowest BCUT2D eigenvalue weighted by molar-refractivity contribution is -0.120. The standard InChI is InChI=1S/C15H22N2O3/c1-4-11-7-5-6-8-12(11)9-20-15(19)17-13(10(2)3)14(16)18/h5-8,10,13H,4,9H2,1-3H3,(H2,16,18)(H,17,19). The molecule has 1 atom stereocenters. The fourth-order valence-corrected chi connectivity index (χ4v) is 1.92. The fourth-order valence-electron chi connectivity index (χ4n) is 1.92. The smallest absolute Gasteiger partial charge is 0.408 e. The summed E-state index contributed by atoms with van der Waals surface area (Å²) >= 11 is 0. The highest BCUT2D eigenvalue weighted by Gasteiger charge is 2.22. The van der Waals surface area contributed by atoms with E-state index in [1.807, 2.05) is 45.0 Å². The number of alkyl carbamates (subject to hydrolysis) is 1. The average Bonchev–Trinajstić information content (AvgIpc) is 2.42. The van der Waals surface area contributed by atoms with Crippen LogP contribution < -0.4 is 11.1 Å². The zero-order valence-corrected chi connectivity index (χ0v) is 12.2. The lowest BCUT2D eigenvalue weighted by Crippen LogP contribution is -2.47. The zero-order chi connectivity index (χ0) is 15.1. The van der Waals surface area contributed by atoms with Crippen LogP contribution in [0, 0.1) is 5.92 Å². The van der Waals surface area contributed by atoms with Gasteiger partial charge in [-0.05, 0) is 23.5 Å². The number of benzene rings is 1. The Kier molecular flexibility index (Phi) is 6.03. The molecule has 0 aliphatic carbocycles. The van der Waals surface area contributed by atoms with Gasteiger partial charge in [0.15, 0.2) is 0 Å². The minimum atomic E-state index is -0.719. The van der Waals surface area contributed by atoms with E-state index in [1.165, 1.54) is 0 Å². The summed E-state index contributed by atoms with van der Waals surface area (Å²) in [6.45, 7) is 5.84. The van der Waals surface area contributed by atoms with Crippen molar-refractivity contribution in [2.75, 3.05) is 0 Å². The number of hydrogen-bond donors (Lipinski definition) is 2. The molecular weight excluding hydrogens is 256 g/mol. The largest absolute Gasteiger partial charge is 0.445 e. The molecule has 0 aliphatic heterocycles. The molecule has 0 aliphatic rings. The number of amides is 2. The Morgan fingerprint density at radius 1 is 1.25 bits per heavy atom. The van der Waals surface area contributed by atoms with Crippen LogP contribution in [0.1, 0.15) is 31.9 Å². The molecule has 5 heteroatoms. The summed E-state index contributed by atoms with van der Waals surface area (Å²) in [7, 11) is 0. The topological polar surface area (TPSA) is 81.4 Å². The van der Waals surface area contributed by atoms with Crippen molar-refractivity contribution >= 4 is 12.0 Å². The number of ether oxygens (including phenoxy) is 1. The quantitative estimate of drug-likeness (QED) is 0.835. The summed E-state index contributed by atoms with van der Waals surface area (Å²) in [5.41, 5.74) is 7.33. The van der Waals surface area contributed by atoms with Gasteiger partial charge in [-0.1, -0.05) is 45.0 Å². The van der Waals surface area contributed by atoms with Gasteiger partial charge in [-0.25, -0.2) is 4.79 Å². The number of carbonyl (C=O) groups excluding carboxylic acids is 2. The third-order valence-corrected chi connectivity index (χ3v) is 3.10. The minimum absolute atomic E-state index is 0.0806. The molecule has 0 saturated carbocycles. The first-order chi connectivity index (χ1) is 9.45. The Morgan fingerprint density at radius 3 is 2.35 bits per heavy atom. The predicted molar refractivity (Wildman–Crippen MR) is 77.0 cm³/mol. The number of rotatable bonds is 6. The van der Waals surface area contributed by atoms with Crippen LogP contribution in [0.2, 0.25) is 0 Å². The SMILES string of the molecule is CCc1ccccc1COC(=O)NC(C(N)=O)C(C)C. The predicted octanol–water partition coefficient (Wildman–Crippen LogP) is 1.99. The van der Waals surface area contributed by atoms with Crippen molar-refractivity contribution in [3.63, 3.8) is 0 Å². The van der Waals surface area contributed by atoms with E-state index in [0.29, 0.717) is 0 Å². The second-order valence-electron chi connectivity index (χ2n) is 4.97. The minimum Gasteiger partial charge on any atom is -0.445 e. The van der Waals surface area contributed by atoms with Gasteiger partial charge in [-0.3, -0.25) is 4.79 Å². The molecule has 0 saturated heterocycles. The Morgan fingerprint density at radius 2 is 1.85 bits per heavy atom. The molecule has 1 aromatic carbocycles. The normalized spacial score (nSPS) is 12.0. The third-order valence-electron chi connectivity index (χ3n) is 3.10. The molecule has 0 radical (unpaired) electrons. The van der Waals surface area contributed by atoms with Crippen molar-refractivity contribution in [3.8, 4) is 0 Å². The summed E-state index contributed by atoms with van der Waals surface area (Å²) in [5, 5.41) is 2.49. The van der Waals surface area contributed by atoms with Crippen LogP contribution in [-0.2, 0) is 22.6 Å². The van der Waals surface area contributed by atoms with E-state index in [1.54, 1.807) is 0 Å². The van der Waals surface area contributed by atoms with Crippen LogP contribution in [0.5, 0.6) is 0 Å². The molecule has 5 nitrogen and oxygen atoms in total. The van der Waals surface area contributed by atoms with Crippen LogP contribution in [0.4, 0.5) is 4.79 Å². The fraction of sp³-hybridized carbons (Fsp3) is 0.467. The van der Waals surface area contributed by atoms with Gasteiger partial charge in [0, 0.05) is 0 Å². The van der Waals surface area contributed by atoms with E-state index < -0.39 is 18.0 Å². The maximum Gasteiger partial charge on any atom is 0.408 e. The molecular formula is C15H22N2O3. The van der Waals surface area contributed by atoms with Crippen molar-refractivity contribution in [2.24, 2.45) is 11.7 Å². The molecule has 0 spiro atoms. The molecule has 2 amide bonds. The zero-order valence-electron chi connectivity index (χ0n) is 12.2. The Balaban J connectivity index is 2.57. The summed E-state index contributed by atoms with van der Waals surface area (Å²) < 4.78 is 5.14. The van der Waals surface area contributed by atoms with Gasteiger partial charge in [0.1, 0.15) is 12.6 Å². The first-order valence-corrected chi connectivity index (χ1v) is 6.75. The average molecular weight is 278 g/mol. The summed E-state index contributed by atoms with van der Waals surface area (Å²) in [4.78, 5) is 22.9. The highest BCUT2D eigenvalue weighted by atomic mass is 16.5. The van der Waals surface area contributed by atoms with Crippen LogP contribution in [0.3, 0.4) is 0 Å². The van der Waals surface area contributed by atoms with Gasteiger partial charge in [0.2, 0.25) is 5.91 Å². The van der Waals surface area contributed by atoms with Crippen LogP contribution in [0.15, 0.2) is 24.3 Å². The highest BCUT2D eigenvalue weighted by molar-refractivity contribution is 5.84. The second kappa shape index (κ2) is 7.53. The van der Waals surface area contributed by atoms with Crippen LogP contribution in [-0.4, -0.2) is 18.0 Å². The van der Waals surface area contributed by atoms with Gasteiger partial charge >= 0.3 is 6.09 Å². The van der Waals surface area contributed by atoms with Crippen LogP contribution >= 0.6 is 0 Å². The second-order valence-corrected chi connectivity index (χ2v) is 4.97. The van der Waals surface area contributed by atoms with E-state index in [4.69, 9.17) is 10.5 Å². The monoisotopic (exact) mass is 278 g/mol. The lowest BCUT2D eigenvalue weighted by atomic mass is 10.0. The lowest BCUT2D eigenvalue weighted by Gasteiger charge is -2.18. The molecule has 3 N–H and O–H groups in total. The highest BCUT2D eigenvalue weighted by Crippen LogP contribution is 2.11. The maximum absolute atomic E-state index is 11.7. The van der Waals surface area contributed by atoms with Gasteiger partial charge in [0.25, 0.3) is 0 Å². The molecule has 1 unspecified atom stereocenters. The van der Waals surface area contributed by atoms with E-state index in [2.05, 4.69) is 5.32 Å². The number of nitrogens with two attached hydrogens (primary N) is 1. The molecule has 1 aromatic rings. The van der Waals surface area contributed by atoms with Crippen molar-refractivity contribution in [1.82, 2.24) is 5.32 Å². The summed E-state index contributed by atoms with van der Waals surface area (Å²) in [5.74, 6) is -0.645. The number of carbonyl (C=O) groups is 2. The number of primary amides is 1. The van der Waals surface area contributed by atoms with Crippen LogP contribution in [0.25, 0.3) is 0 Å². The summed E-state index contributed by atoms with van der Waals surface area (Å²) in [6, 6.07) is 7.04. The molecule has 0 fully saturated rings. The van der Waals surface area contributed by atoms with E-state index in [-0.39, 0.29) is 12.5 Å². The molecule has 0 heterocycles. The third kappa shape index (κ3) is 4.57. The Hall–Kier alpha value is -2.04. The molecule has 0 aromatic heterocycles. The van der Waals surface area contributed by atoms with E-state index in [9.17, 15) is 9.59 Å². The first-order valence-electron chi connectivity index (χ1n) is 6.75. The summed E-state index contributed by atoms with van der Waals surface area (Å²) in [6.07, 6.45) is 0.241. The van der Waals surface area contributed by atoms with Gasteiger partial charge in [-0.15, -0.1) is 0 Å². The van der Waals surface area contributed by atoms with Gasteiger partial charge < -0.3 is 15.8 Å². The Bertz CT molecular complexity index is 472. The van der Waals surface area contributed by atoms with Crippen molar-refractivity contribution in [1.29, 1.82) is 0 Å². The van der Waals surface area contributed by atoms with Gasteiger partial charge in [-0.2, -0.15) is 0 Å². The maximum atomic E-state index is 11.7. The number of hydrogen-bond acceptors (Lipinski definition) is 3. The molecule has 110 valence electrons. The van der Waals surface area contributed by atoms with E-state index in [0.717, 1.165) is 17.5 Å². The molecule has 20 heavy (non-hydrogen) atoms. The van der Waals surface area contributed by atoms with Crippen molar-refractivity contribution < 1.29 is 14.3 Å². The Labute approximate surface area is 119 Å².